The van der Waals surface area contributed by atoms with E-state index in [4.69, 9.17) is 11.6 Å². The number of urea groups is 1. The Morgan fingerprint density at radius 1 is 1.04 bits per heavy atom. The minimum absolute atomic E-state index is 0.0871. The third kappa shape index (κ3) is 4.56. The minimum Gasteiger partial charge on any atom is -0.508 e. The number of anilines is 2. The van der Waals surface area contributed by atoms with Crippen molar-refractivity contribution in [1.29, 1.82) is 0 Å². The molecular formula is C20H16BrClN2O2. The summed E-state index contributed by atoms with van der Waals surface area (Å²) in [6, 6.07) is 21.1. The Labute approximate surface area is 165 Å². The van der Waals surface area contributed by atoms with Crippen LogP contribution < -0.4 is 10.2 Å². The maximum absolute atomic E-state index is 12.9. The lowest BCUT2D eigenvalue weighted by molar-refractivity contribution is 0.256. The topological polar surface area (TPSA) is 52.6 Å². The first-order valence-electron chi connectivity index (χ1n) is 7.89. The maximum Gasteiger partial charge on any atom is 0.326 e. The van der Waals surface area contributed by atoms with Gasteiger partial charge in [0.15, 0.2) is 0 Å². The molecule has 2 N–H and O–H groups in total. The van der Waals surface area contributed by atoms with Crippen molar-refractivity contribution in [2.45, 2.75) is 6.54 Å². The molecule has 0 aromatic heterocycles. The highest BCUT2D eigenvalue weighted by Gasteiger charge is 2.18. The van der Waals surface area contributed by atoms with Gasteiger partial charge in [-0.05, 0) is 54.6 Å². The number of carbonyl (C=O) groups is 1. The van der Waals surface area contributed by atoms with Gasteiger partial charge in [0.25, 0.3) is 0 Å². The van der Waals surface area contributed by atoms with Gasteiger partial charge in [-0.1, -0.05) is 45.7 Å². The third-order valence-electron chi connectivity index (χ3n) is 3.78. The van der Waals surface area contributed by atoms with Crippen LogP contribution in [0.4, 0.5) is 16.2 Å². The Morgan fingerprint density at radius 3 is 2.42 bits per heavy atom. The van der Waals surface area contributed by atoms with Crippen LogP contribution in [0.1, 0.15) is 5.56 Å². The molecule has 6 heteroatoms. The molecule has 0 aliphatic rings. The fraction of sp³-hybridized carbons (Fsp3) is 0.0500. The van der Waals surface area contributed by atoms with Crippen molar-refractivity contribution >= 4 is 44.9 Å². The molecule has 0 atom stereocenters. The summed E-state index contributed by atoms with van der Waals surface area (Å²) in [6.45, 7) is 0.173. The molecule has 0 aliphatic carbocycles. The van der Waals surface area contributed by atoms with Crippen molar-refractivity contribution in [3.05, 3.63) is 87.9 Å². The molecule has 0 spiro atoms. The quantitative estimate of drug-likeness (QED) is 0.528. The highest BCUT2D eigenvalue weighted by molar-refractivity contribution is 9.10. The summed E-state index contributed by atoms with van der Waals surface area (Å²) < 4.78 is 0.912. The van der Waals surface area contributed by atoms with Gasteiger partial charge in [0.2, 0.25) is 0 Å². The maximum atomic E-state index is 12.9. The van der Waals surface area contributed by atoms with Crippen molar-refractivity contribution < 1.29 is 9.90 Å². The number of hydrogen-bond donors (Lipinski definition) is 2. The van der Waals surface area contributed by atoms with E-state index in [1.807, 2.05) is 54.6 Å². The van der Waals surface area contributed by atoms with E-state index >= 15 is 0 Å². The Bertz CT molecular complexity index is 901. The van der Waals surface area contributed by atoms with Crippen LogP contribution in [0.5, 0.6) is 5.75 Å². The van der Waals surface area contributed by atoms with Gasteiger partial charge in [0.1, 0.15) is 5.75 Å². The summed E-state index contributed by atoms with van der Waals surface area (Å²) in [5.74, 6) is 0.0871. The number of halogens is 2. The molecule has 3 aromatic carbocycles. The first-order valence-corrected chi connectivity index (χ1v) is 9.06. The molecule has 3 rings (SSSR count). The number of nitrogens with one attached hydrogen (secondary N) is 1. The van der Waals surface area contributed by atoms with E-state index in [1.165, 1.54) is 6.07 Å². The smallest absolute Gasteiger partial charge is 0.326 e. The number of aromatic hydroxyl groups is 1. The Hall–Kier alpha value is -2.50. The third-order valence-corrected chi connectivity index (χ3v) is 4.54. The summed E-state index contributed by atoms with van der Waals surface area (Å²) in [4.78, 5) is 14.4. The number of rotatable bonds is 4. The van der Waals surface area contributed by atoms with E-state index in [2.05, 4.69) is 21.2 Å². The van der Waals surface area contributed by atoms with Crippen molar-refractivity contribution in [3.63, 3.8) is 0 Å². The van der Waals surface area contributed by atoms with Crippen LogP contribution in [0.2, 0.25) is 5.02 Å². The number of para-hydroxylation sites is 1. The van der Waals surface area contributed by atoms with Gasteiger partial charge in [-0.25, -0.2) is 4.79 Å². The van der Waals surface area contributed by atoms with Crippen LogP contribution in [0.25, 0.3) is 0 Å². The monoisotopic (exact) mass is 430 g/mol. The molecule has 132 valence electrons. The zero-order valence-electron chi connectivity index (χ0n) is 13.7. The van der Waals surface area contributed by atoms with Crippen LogP contribution in [0.3, 0.4) is 0 Å². The molecular weight excluding hydrogens is 416 g/mol. The molecule has 0 bridgehead atoms. The lowest BCUT2D eigenvalue weighted by atomic mass is 10.1. The fourth-order valence-corrected chi connectivity index (χ4v) is 2.92. The van der Waals surface area contributed by atoms with Gasteiger partial charge in [-0.3, -0.25) is 4.90 Å². The number of nitrogens with zero attached hydrogens (tertiary/aromatic N) is 1. The van der Waals surface area contributed by atoms with Crippen molar-refractivity contribution in [1.82, 2.24) is 0 Å². The van der Waals surface area contributed by atoms with Crippen LogP contribution in [0.15, 0.2) is 77.3 Å². The molecule has 0 unspecified atom stereocenters. The highest BCUT2D eigenvalue weighted by atomic mass is 79.9. The number of phenols is 1. The van der Waals surface area contributed by atoms with Crippen molar-refractivity contribution in [3.8, 4) is 5.75 Å². The number of amides is 2. The molecule has 26 heavy (non-hydrogen) atoms. The fourth-order valence-electron chi connectivity index (χ4n) is 2.46. The Morgan fingerprint density at radius 2 is 1.73 bits per heavy atom. The Balaban J connectivity index is 1.92. The standard InChI is InChI=1S/C20H16BrClN2O2/c21-15-6-9-18(10-7-15)24(13-14-12-16(22)8-11-19(14)25)20(26)23-17-4-2-1-3-5-17/h1-12,25H,13H2,(H,23,26). The van der Waals surface area contributed by atoms with Crippen LogP contribution in [-0.4, -0.2) is 11.1 Å². The van der Waals surface area contributed by atoms with E-state index in [-0.39, 0.29) is 18.3 Å². The summed E-state index contributed by atoms with van der Waals surface area (Å²) in [5.41, 5.74) is 1.94. The molecule has 0 radical (unpaired) electrons. The van der Waals surface area contributed by atoms with Crippen LogP contribution >= 0.6 is 27.5 Å². The predicted octanol–water partition coefficient (Wildman–Crippen LogP) is 6.05. The average Bonchev–Trinajstić information content (AvgIpc) is 2.64. The molecule has 0 saturated carbocycles. The number of phenolic OH excluding ortho intramolecular Hbond substituents is 1. The zero-order chi connectivity index (χ0) is 18.5. The number of carbonyl (C=O) groups excluding carboxylic acids is 1. The lowest BCUT2D eigenvalue weighted by Gasteiger charge is -2.24. The van der Waals surface area contributed by atoms with Gasteiger partial charge < -0.3 is 10.4 Å². The summed E-state index contributed by atoms with van der Waals surface area (Å²) in [5, 5.41) is 13.5. The van der Waals surface area contributed by atoms with Crippen LogP contribution in [0, 0.1) is 0 Å². The molecule has 0 aliphatic heterocycles. The van der Waals surface area contributed by atoms with Gasteiger partial charge in [0.05, 0.1) is 6.54 Å². The summed E-state index contributed by atoms with van der Waals surface area (Å²) in [7, 11) is 0. The van der Waals surface area contributed by atoms with E-state index in [1.54, 1.807) is 17.0 Å². The van der Waals surface area contributed by atoms with Gasteiger partial charge in [-0.2, -0.15) is 0 Å². The van der Waals surface area contributed by atoms with Crippen LogP contribution in [-0.2, 0) is 6.54 Å². The Kier molecular flexibility index (Phi) is 5.81. The first-order chi connectivity index (χ1) is 12.5. The predicted molar refractivity (Wildman–Crippen MR) is 109 cm³/mol. The molecule has 0 fully saturated rings. The molecule has 2 amide bonds. The second kappa shape index (κ2) is 8.25. The van der Waals surface area contributed by atoms with Crippen molar-refractivity contribution in [2.75, 3.05) is 10.2 Å². The highest BCUT2D eigenvalue weighted by Crippen LogP contribution is 2.27. The molecule has 3 aromatic rings. The second-order valence-corrected chi connectivity index (χ2v) is 6.98. The normalized spacial score (nSPS) is 10.4. The molecule has 4 nitrogen and oxygen atoms in total. The number of benzene rings is 3. The zero-order valence-corrected chi connectivity index (χ0v) is 16.0. The number of hydrogen-bond acceptors (Lipinski definition) is 2. The lowest BCUT2D eigenvalue weighted by Crippen LogP contribution is -2.34. The molecule has 0 heterocycles. The van der Waals surface area contributed by atoms with Gasteiger partial charge >= 0.3 is 6.03 Å². The molecule has 0 saturated heterocycles. The van der Waals surface area contributed by atoms with Gasteiger partial charge in [-0.15, -0.1) is 0 Å². The van der Waals surface area contributed by atoms with Crippen molar-refractivity contribution in [2.24, 2.45) is 0 Å². The van der Waals surface area contributed by atoms with E-state index in [9.17, 15) is 9.90 Å². The van der Waals surface area contributed by atoms with E-state index in [0.717, 1.165) is 4.47 Å². The SMILES string of the molecule is O=C(Nc1ccccc1)N(Cc1cc(Cl)ccc1O)c1ccc(Br)cc1. The summed E-state index contributed by atoms with van der Waals surface area (Å²) >= 11 is 9.44. The minimum atomic E-state index is -0.308. The second-order valence-electron chi connectivity index (χ2n) is 5.63. The largest absolute Gasteiger partial charge is 0.508 e. The first kappa shape index (κ1) is 18.3. The van der Waals surface area contributed by atoms with Gasteiger partial charge in [0, 0.05) is 26.4 Å². The average molecular weight is 432 g/mol. The summed E-state index contributed by atoms with van der Waals surface area (Å²) in [6.07, 6.45) is 0. The van der Waals surface area contributed by atoms with E-state index < -0.39 is 0 Å². The van der Waals surface area contributed by atoms with E-state index in [0.29, 0.717) is 22.0 Å².